The number of carbonyl (C=O) groups is 2. The zero-order valence-corrected chi connectivity index (χ0v) is 17.1. The monoisotopic (exact) mass is 413 g/mol. The minimum atomic E-state index is -0.284. The van der Waals surface area contributed by atoms with Crippen LogP contribution in [0.25, 0.3) is 0 Å². The van der Waals surface area contributed by atoms with Crippen molar-refractivity contribution >= 4 is 17.5 Å². The normalized spacial score (nSPS) is 14.0. The van der Waals surface area contributed by atoms with Crippen LogP contribution in [0.2, 0.25) is 0 Å². The van der Waals surface area contributed by atoms with Gasteiger partial charge in [-0.1, -0.05) is 6.07 Å². The number of morpholine rings is 1. The molecule has 2 aromatic carbocycles. The number of carbonyl (C=O) groups excluding carboxylic acids is 2. The maximum atomic E-state index is 12.2. The van der Waals surface area contributed by atoms with Crippen LogP contribution in [0.3, 0.4) is 0 Å². The summed E-state index contributed by atoms with van der Waals surface area (Å²) in [4.78, 5) is 26.6. The van der Waals surface area contributed by atoms with Gasteiger partial charge >= 0.3 is 0 Å². The summed E-state index contributed by atoms with van der Waals surface area (Å²) in [7, 11) is 1.57. The van der Waals surface area contributed by atoms with Crippen LogP contribution >= 0.6 is 0 Å². The molecule has 8 heteroatoms. The van der Waals surface area contributed by atoms with Crippen LogP contribution in [-0.2, 0) is 9.53 Å². The second-order valence-corrected chi connectivity index (χ2v) is 6.80. The fraction of sp³-hybridized carbons (Fsp3) is 0.364. The van der Waals surface area contributed by atoms with Crippen molar-refractivity contribution < 1.29 is 23.8 Å². The van der Waals surface area contributed by atoms with Gasteiger partial charge in [0.25, 0.3) is 11.8 Å². The van der Waals surface area contributed by atoms with Crippen molar-refractivity contribution in [3.63, 3.8) is 0 Å². The van der Waals surface area contributed by atoms with E-state index in [-0.39, 0.29) is 18.4 Å². The molecule has 1 aliphatic heterocycles. The van der Waals surface area contributed by atoms with Gasteiger partial charge in [0.1, 0.15) is 11.5 Å². The molecule has 1 fully saturated rings. The lowest BCUT2D eigenvalue weighted by Crippen LogP contribution is -2.41. The lowest BCUT2D eigenvalue weighted by molar-refractivity contribution is -0.118. The number of nitrogens with one attached hydrogen (secondary N) is 2. The van der Waals surface area contributed by atoms with E-state index in [1.54, 1.807) is 55.6 Å². The minimum Gasteiger partial charge on any atom is -0.497 e. The summed E-state index contributed by atoms with van der Waals surface area (Å²) >= 11 is 0. The van der Waals surface area contributed by atoms with Crippen LogP contribution in [0.5, 0.6) is 11.5 Å². The summed E-state index contributed by atoms with van der Waals surface area (Å²) < 4.78 is 15.9. The summed E-state index contributed by atoms with van der Waals surface area (Å²) in [5, 5.41) is 5.66. The van der Waals surface area contributed by atoms with E-state index in [4.69, 9.17) is 14.2 Å². The highest BCUT2D eigenvalue weighted by Crippen LogP contribution is 2.17. The molecular weight excluding hydrogens is 386 g/mol. The van der Waals surface area contributed by atoms with Crippen LogP contribution in [0.4, 0.5) is 5.69 Å². The van der Waals surface area contributed by atoms with Gasteiger partial charge < -0.3 is 24.8 Å². The molecule has 0 bridgehead atoms. The van der Waals surface area contributed by atoms with E-state index in [0.717, 1.165) is 32.8 Å². The van der Waals surface area contributed by atoms with Gasteiger partial charge in [0.2, 0.25) is 0 Å². The Morgan fingerprint density at radius 1 is 1.07 bits per heavy atom. The molecule has 0 radical (unpaired) electrons. The molecular formula is C22H27N3O5. The topological polar surface area (TPSA) is 89.1 Å². The maximum absolute atomic E-state index is 12.2. The maximum Gasteiger partial charge on any atom is 0.262 e. The van der Waals surface area contributed by atoms with Gasteiger partial charge in [0.05, 0.1) is 20.3 Å². The molecule has 30 heavy (non-hydrogen) atoms. The van der Waals surface area contributed by atoms with E-state index in [0.29, 0.717) is 29.3 Å². The largest absolute Gasteiger partial charge is 0.497 e. The molecule has 3 rings (SSSR count). The van der Waals surface area contributed by atoms with Crippen molar-refractivity contribution in [1.29, 1.82) is 0 Å². The first kappa shape index (κ1) is 21.6. The summed E-state index contributed by atoms with van der Waals surface area (Å²) in [6.45, 7) is 4.53. The fourth-order valence-corrected chi connectivity index (χ4v) is 3.00. The van der Waals surface area contributed by atoms with E-state index >= 15 is 0 Å². The van der Waals surface area contributed by atoms with E-state index in [9.17, 15) is 9.59 Å². The van der Waals surface area contributed by atoms with Gasteiger partial charge in [-0.05, 0) is 36.4 Å². The van der Waals surface area contributed by atoms with Crippen LogP contribution < -0.4 is 20.1 Å². The Labute approximate surface area is 176 Å². The fourth-order valence-electron chi connectivity index (χ4n) is 3.00. The average molecular weight is 413 g/mol. The number of methoxy groups -OCH3 is 1. The summed E-state index contributed by atoms with van der Waals surface area (Å²) in [5.41, 5.74) is 1.18. The van der Waals surface area contributed by atoms with Crippen molar-refractivity contribution in [3.8, 4) is 11.5 Å². The lowest BCUT2D eigenvalue weighted by Gasteiger charge is -2.26. The molecule has 1 aliphatic rings. The van der Waals surface area contributed by atoms with Gasteiger partial charge in [0.15, 0.2) is 6.61 Å². The molecule has 2 aromatic rings. The number of rotatable bonds is 9. The standard InChI is InChI=1S/C22H27N3O5/c1-28-20-4-2-3-18(15-20)24-21(26)16-30-19-7-5-17(6-8-19)22(27)23-9-10-25-11-13-29-14-12-25/h2-8,15H,9-14,16H2,1H3,(H,23,27)(H,24,26). The molecule has 0 unspecified atom stereocenters. The second-order valence-electron chi connectivity index (χ2n) is 6.80. The van der Waals surface area contributed by atoms with Gasteiger partial charge in [0, 0.05) is 43.5 Å². The third-order valence-electron chi connectivity index (χ3n) is 4.66. The van der Waals surface area contributed by atoms with Crippen LogP contribution in [0, 0.1) is 0 Å². The molecule has 0 spiro atoms. The zero-order valence-electron chi connectivity index (χ0n) is 17.1. The smallest absolute Gasteiger partial charge is 0.262 e. The van der Waals surface area contributed by atoms with E-state index < -0.39 is 0 Å². The van der Waals surface area contributed by atoms with Gasteiger partial charge in [-0.15, -0.1) is 0 Å². The number of nitrogens with zero attached hydrogens (tertiary/aromatic N) is 1. The number of benzene rings is 2. The van der Waals surface area contributed by atoms with Gasteiger partial charge in [-0.2, -0.15) is 0 Å². The lowest BCUT2D eigenvalue weighted by atomic mass is 10.2. The molecule has 8 nitrogen and oxygen atoms in total. The molecule has 0 aromatic heterocycles. The first-order valence-electron chi connectivity index (χ1n) is 9.89. The average Bonchev–Trinajstić information content (AvgIpc) is 2.79. The van der Waals surface area contributed by atoms with E-state index in [2.05, 4.69) is 15.5 Å². The highest BCUT2D eigenvalue weighted by molar-refractivity contribution is 5.94. The number of ether oxygens (including phenoxy) is 3. The second kappa shape index (κ2) is 11.2. The molecule has 2 N–H and O–H groups in total. The Morgan fingerprint density at radius 2 is 1.83 bits per heavy atom. The minimum absolute atomic E-state index is 0.134. The van der Waals surface area contributed by atoms with Gasteiger partial charge in [-0.3, -0.25) is 14.5 Å². The van der Waals surface area contributed by atoms with Crippen molar-refractivity contribution in [2.75, 3.05) is 58.4 Å². The molecule has 1 heterocycles. The van der Waals surface area contributed by atoms with Crippen molar-refractivity contribution in [2.24, 2.45) is 0 Å². The van der Waals surface area contributed by atoms with Crippen molar-refractivity contribution in [3.05, 3.63) is 54.1 Å². The highest BCUT2D eigenvalue weighted by atomic mass is 16.5. The zero-order chi connectivity index (χ0) is 21.2. The molecule has 0 atom stereocenters. The van der Waals surface area contributed by atoms with Crippen molar-refractivity contribution in [2.45, 2.75) is 0 Å². The van der Waals surface area contributed by atoms with Crippen LogP contribution in [-0.4, -0.2) is 69.8 Å². The van der Waals surface area contributed by atoms with Crippen LogP contribution in [0.1, 0.15) is 10.4 Å². The number of hydrogen-bond acceptors (Lipinski definition) is 6. The summed E-state index contributed by atoms with van der Waals surface area (Å²) in [6, 6.07) is 13.8. The Morgan fingerprint density at radius 3 is 2.57 bits per heavy atom. The Balaban J connectivity index is 1.40. The van der Waals surface area contributed by atoms with Crippen LogP contribution in [0.15, 0.2) is 48.5 Å². The Kier molecular flexibility index (Phi) is 8.05. The predicted molar refractivity (Wildman–Crippen MR) is 113 cm³/mol. The Hall–Kier alpha value is -3.10. The molecule has 0 saturated carbocycles. The highest BCUT2D eigenvalue weighted by Gasteiger charge is 2.11. The molecule has 1 saturated heterocycles. The number of amides is 2. The predicted octanol–water partition coefficient (Wildman–Crippen LogP) is 1.77. The number of anilines is 1. The van der Waals surface area contributed by atoms with Gasteiger partial charge in [-0.25, -0.2) is 0 Å². The first-order valence-corrected chi connectivity index (χ1v) is 9.89. The van der Waals surface area contributed by atoms with Crippen molar-refractivity contribution in [1.82, 2.24) is 10.2 Å². The quantitative estimate of drug-likeness (QED) is 0.651. The van der Waals surface area contributed by atoms with E-state index in [1.165, 1.54) is 0 Å². The SMILES string of the molecule is COc1cccc(NC(=O)COc2ccc(C(=O)NCCN3CCOCC3)cc2)c1. The summed E-state index contributed by atoms with van der Waals surface area (Å²) in [6.07, 6.45) is 0. The number of hydrogen-bond donors (Lipinski definition) is 2. The third kappa shape index (κ3) is 6.75. The first-order chi connectivity index (χ1) is 14.6. The molecule has 160 valence electrons. The Bertz CT molecular complexity index is 835. The third-order valence-corrected chi connectivity index (χ3v) is 4.66. The summed E-state index contributed by atoms with van der Waals surface area (Å²) in [5.74, 6) is 0.756. The molecule has 0 aliphatic carbocycles. The molecule has 2 amide bonds. The van der Waals surface area contributed by atoms with E-state index in [1.807, 2.05) is 0 Å².